The van der Waals surface area contributed by atoms with Crippen molar-refractivity contribution in [3.63, 3.8) is 0 Å². The molecule has 2 fully saturated rings. The molecule has 0 bridgehead atoms. The van der Waals surface area contributed by atoms with E-state index in [1.807, 2.05) is 0 Å². The van der Waals surface area contributed by atoms with Crippen LogP contribution in [0.1, 0.15) is 46.0 Å². The van der Waals surface area contributed by atoms with Crippen molar-refractivity contribution in [1.29, 1.82) is 0 Å². The van der Waals surface area contributed by atoms with E-state index in [4.69, 9.17) is 0 Å². The summed E-state index contributed by atoms with van der Waals surface area (Å²) in [6.45, 7) is 8.39. The molecule has 1 saturated heterocycles. The van der Waals surface area contributed by atoms with Gasteiger partial charge in [-0.2, -0.15) is 0 Å². The molecule has 1 heterocycles. The van der Waals surface area contributed by atoms with E-state index in [0.29, 0.717) is 5.41 Å². The smallest absolute Gasteiger partial charge is 0.00699 e. The highest BCUT2D eigenvalue weighted by atomic mass is 15.0. The lowest BCUT2D eigenvalue weighted by atomic mass is 9.84. The second kappa shape index (κ2) is 4.84. The van der Waals surface area contributed by atoms with E-state index in [1.54, 1.807) is 0 Å². The van der Waals surface area contributed by atoms with Crippen LogP contribution in [0, 0.1) is 11.3 Å². The maximum absolute atomic E-state index is 3.81. The van der Waals surface area contributed by atoms with Crippen LogP contribution in [0.2, 0.25) is 0 Å². The monoisotopic (exact) mass is 210 g/mol. The van der Waals surface area contributed by atoms with Crippen molar-refractivity contribution in [3.8, 4) is 0 Å². The summed E-state index contributed by atoms with van der Waals surface area (Å²) in [6, 6.07) is 0.809. The minimum absolute atomic E-state index is 0.561. The summed E-state index contributed by atoms with van der Waals surface area (Å²) in [5.41, 5.74) is 0.561. The first kappa shape index (κ1) is 11.4. The zero-order valence-corrected chi connectivity index (χ0v) is 10.3. The van der Waals surface area contributed by atoms with E-state index in [9.17, 15) is 0 Å². The van der Waals surface area contributed by atoms with E-state index >= 15 is 0 Å². The van der Waals surface area contributed by atoms with Crippen LogP contribution >= 0.6 is 0 Å². The third-order valence-electron chi connectivity index (χ3n) is 4.54. The van der Waals surface area contributed by atoms with Crippen LogP contribution < -0.4 is 10.6 Å². The number of nitrogens with one attached hydrogen (secondary N) is 2. The summed E-state index contributed by atoms with van der Waals surface area (Å²) >= 11 is 0. The molecular weight excluding hydrogens is 184 g/mol. The Kier molecular flexibility index (Phi) is 3.68. The molecule has 0 aromatic heterocycles. The SMILES string of the molecule is CCC1(CNC2CCC(C)C2)CCNC1. The number of rotatable bonds is 4. The van der Waals surface area contributed by atoms with Crippen molar-refractivity contribution in [2.45, 2.75) is 52.0 Å². The maximum atomic E-state index is 3.81. The lowest BCUT2D eigenvalue weighted by Crippen LogP contribution is -2.40. The zero-order valence-electron chi connectivity index (χ0n) is 10.3. The molecule has 88 valence electrons. The predicted molar refractivity (Wildman–Crippen MR) is 65.0 cm³/mol. The first-order valence-corrected chi connectivity index (χ1v) is 6.68. The average molecular weight is 210 g/mol. The van der Waals surface area contributed by atoms with Crippen LogP contribution in [0.5, 0.6) is 0 Å². The highest BCUT2D eigenvalue weighted by Gasteiger charge is 2.33. The Bertz CT molecular complexity index is 197. The van der Waals surface area contributed by atoms with Crippen LogP contribution in [0.15, 0.2) is 0 Å². The molecule has 2 aliphatic rings. The lowest BCUT2D eigenvalue weighted by Gasteiger charge is -2.29. The van der Waals surface area contributed by atoms with Gasteiger partial charge in [-0.1, -0.05) is 13.8 Å². The molecule has 3 atom stereocenters. The molecule has 1 aliphatic carbocycles. The fourth-order valence-electron chi connectivity index (χ4n) is 3.13. The fraction of sp³-hybridized carbons (Fsp3) is 1.00. The minimum Gasteiger partial charge on any atom is -0.316 e. The quantitative estimate of drug-likeness (QED) is 0.743. The molecule has 1 saturated carbocycles. The van der Waals surface area contributed by atoms with Gasteiger partial charge in [-0.25, -0.2) is 0 Å². The molecule has 0 spiro atoms. The molecule has 2 nitrogen and oxygen atoms in total. The van der Waals surface area contributed by atoms with Crippen LogP contribution in [-0.4, -0.2) is 25.7 Å². The van der Waals surface area contributed by atoms with Gasteiger partial charge in [-0.05, 0) is 50.0 Å². The normalized spacial score (nSPS) is 41.2. The Balaban J connectivity index is 1.76. The highest BCUT2D eigenvalue weighted by molar-refractivity contribution is 4.90. The molecule has 0 radical (unpaired) electrons. The number of hydrogen-bond acceptors (Lipinski definition) is 2. The topological polar surface area (TPSA) is 24.1 Å². The van der Waals surface area contributed by atoms with E-state index in [1.165, 1.54) is 51.7 Å². The summed E-state index contributed by atoms with van der Waals surface area (Å²) in [5, 5.41) is 7.31. The third kappa shape index (κ3) is 2.73. The van der Waals surface area contributed by atoms with Crippen LogP contribution in [0.4, 0.5) is 0 Å². The summed E-state index contributed by atoms with van der Waals surface area (Å²) in [4.78, 5) is 0. The van der Waals surface area contributed by atoms with Crippen molar-refractivity contribution in [2.75, 3.05) is 19.6 Å². The lowest BCUT2D eigenvalue weighted by molar-refractivity contribution is 0.275. The van der Waals surface area contributed by atoms with Crippen molar-refractivity contribution in [2.24, 2.45) is 11.3 Å². The van der Waals surface area contributed by atoms with Gasteiger partial charge in [-0.15, -0.1) is 0 Å². The van der Waals surface area contributed by atoms with E-state index < -0.39 is 0 Å². The summed E-state index contributed by atoms with van der Waals surface area (Å²) in [5.74, 6) is 0.946. The number of hydrogen-bond donors (Lipinski definition) is 2. The van der Waals surface area contributed by atoms with Crippen molar-refractivity contribution < 1.29 is 0 Å². The van der Waals surface area contributed by atoms with E-state index in [-0.39, 0.29) is 0 Å². The third-order valence-corrected chi connectivity index (χ3v) is 4.54. The second-order valence-corrected chi connectivity index (χ2v) is 5.78. The fourth-order valence-corrected chi connectivity index (χ4v) is 3.13. The summed E-state index contributed by atoms with van der Waals surface area (Å²) < 4.78 is 0. The Hall–Kier alpha value is -0.0800. The Labute approximate surface area is 94.2 Å². The van der Waals surface area contributed by atoms with Crippen LogP contribution in [-0.2, 0) is 0 Å². The van der Waals surface area contributed by atoms with Crippen LogP contribution in [0.3, 0.4) is 0 Å². The van der Waals surface area contributed by atoms with Crippen molar-refractivity contribution >= 4 is 0 Å². The predicted octanol–water partition coefficient (Wildman–Crippen LogP) is 2.15. The van der Waals surface area contributed by atoms with E-state index in [0.717, 1.165) is 12.0 Å². The molecule has 3 unspecified atom stereocenters. The molecule has 0 aromatic rings. The molecule has 1 aliphatic heterocycles. The molecular formula is C13H26N2. The Morgan fingerprint density at radius 2 is 2.27 bits per heavy atom. The van der Waals surface area contributed by atoms with Gasteiger partial charge in [0, 0.05) is 19.1 Å². The summed E-state index contributed by atoms with van der Waals surface area (Å²) in [7, 11) is 0. The largest absolute Gasteiger partial charge is 0.316 e. The Morgan fingerprint density at radius 3 is 2.80 bits per heavy atom. The summed E-state index contributed by atoms with van der Waals surface area (Å²) in [6.07, 6.45) is 6.89. The van der Waals surface area contributed by atoms with Crippen molar-refractivity contribution in [1.82, 2.24) is 10.6 Å². The van der Waals surface area contributed by atoms with Gasteiger partial charge >= 0.3 is 0 Å². The highest BCUT2D eigenvalue weighted by Crippen LogP contribution is 2.30. The van der Waals surface area contributed by atoms with Gasteiger partial charge in [0.05, 0.1) is 0 Å². The van der Waals surface area contributed by atoms with Gasteiger partial charge in [0.15, 0.2) is 0 Å². The van der Waals surface area contributed by atoms with Crippen LogP contribution in [0.25, 0.3) is 0 Å². The standard InChI is InChI=1S/C13H26N2/c1-3-13(6-7-14-9-13)10-15-12-5-4-11(2)8-12/h11-12,14-15H,3-10H2,1-2H3. The first-order valence-electron chi connectivity index (χ1n) is 6.68. The molecule has 0 aromatic carbocycles. The zero-order chi connectivity index (χ0) is 10.7. The molecule has 2 heteroatoms. The van der Waals surface area contributed by atoms with Gasteiger partial charge in [-0.3, -0.25) is 0 Å². The molecule has 0 amide bonds. The van der Waals surface area contributed by atoms with Gasteiger partial charge in [0.25, 0.3) is 0 Å². The Morgan fingerprint density at radius 1 is 1.40 bits per heavy atom. The van der Waals surface area contributed by atoms with Crippen molar-refractivity contribution in [3.05, 3.63) is 0 Å². The van der Waals surface area contributed by atoms with Gasteiger partial charge < -0.3 is 10.6 Å². The average Bonchev–Trinajstić information content (AvgIpc) is 2.85. The minimum atomic E-state index is 0.561. The molecule has 2 N–H and O–H groups in total. The van der Waals surface area contributed by atoms with Gasteiger partial charge in [0.1, 0.15) is 0 Å². The first-order chi connectivity index (χ1) is 7.24. The second-order valence-electron chi connectivity index (χ2n) is 5.78. The molecule has 2 rings (SSSR count). The van der Waals surface area contributed by atoms with Gasteiger partial charge in [0.2, 0.25) is 0 Å². The van der Waals surface area contributed by atoms with E-state index in [2.05, 4.69) is 24.5 Å². The maximum Gasteiger partial charge on any atom is 0.00699 e. The molecule has 15 heavy (non-hydrogen) atoms.